The fourth-order valence-corrected chi connectivity index (χ4v) is 0.793. The van der Waals surface area contributed by atoms with Crippen LogP contribution in [-0.4, -0.2) is 23.0 Å². The van der Waals surface area contributed by atoms with Crippen LogP contribution in [0, 0.1) is 0 Å². The lowest BCUT2D eigenvalue weighted by molar-refractivity contribution is 0.160. The van der Waals surface area contributed by atoms with E-state index in [1.165, 1.54) is 18.3 Å². The van der Waals surface area contributed by atoms with Gasteiger partial charge in [0.1, 0.15) is 6.61 Å². The minimum absolute atomic E-state index is 0.145. The molecular weight excluding hydrogens is 170 g/mol. The zero-order valence-electron chi connectivity index (χ0n) is 7.27. The summed E-state index contributed by atoms with van der Waals surface area (Å²) in [5.41, 5.74) is 0.670. The van der Waals surface area contributed by atoms with Gasteiger partial charge in [0.15, 0.2) is 11.5 Å². The Balaban J connectivity index is 2.73. The molecule has 2 N–H and O–H groups in total. The van der Waals surface area contributed by atoms with Gasteiger partial charge in [0, 0.05) is 0 Å². The molecule has 0 saturated carbocycles. The van der Waals surface area contributed by atoms with Crippen molar-refractivity contribution in [2.45, 2.75) is 6.92 Å². The molecule has 0 radical (unpaired) electrons. The highest BCUT2D eigenvalue weighted by molar-refractivity contribution is 5.80. The van der Waals surface area contributed by atoms with E-state index in [9.17, 15) is 0 Å². The van der Waals surface area contributed by atoms with Crippen molar-refractivity contribution in [3.8, 4) is 11.5 Å². The SMILES string of the molecule is CCO/N=C\c1ccc(O)c(O)c1. The molecule has 0 aliphatic heterocycles. The number of aromatic hydroxyl groups is 2. The number of hydrogen-bond donors (Lipinski definition) is 2. The Hall–Kier alpha value is -1.71. The monoisotopic (exact) mass is 181 g/mol. The van der Waals surface area contributed by atoms with Gasteiger partial charge in [0.05, 0.1) is 6.21 Å². The molecule has 0 aliphatic rings. The van der Waals surface area contributed by atoms with E-state index in [1.807, 2.05) is 6.92 Å². The van der Waals surface area contributed by atoms with Crippen molar-refractivity contribution in [2.24, 2.45) is 5.16 Å². The maximum Gasteiger partial charge on any atom is 0.158 e. The Kier molecular flexibility index (Phi) is 3.14. The Labute approximate surface area is 76.1 Å². The largest absolute Gasteiger partial charge is 0.504 e. The molecule has 4 heteroatoms. The number of hydrogen-bond acceptors (Lipinski definition) is 4. The van der Waals surface area contributed by atoms with E-state index in [2.05, 4.69) is 5.16 Å². The minimum Gasteiger partial charge on any atom is -0.504 e. The van der Waals surface area contributed by atoms with Gasteiger partial charge in [-0.1, -0.05) is 5.16 Å². The van der Waals surface area contributed by atoms with Crippen LogP contribution in [0.5, 0.6) is 11.5 Å². The topological polar surface area (TPSA) is 62.0 Å². The molecule has 0 unspecified atom stereocenters. The third-order valence-corrected chi connectivity index (χ3v) is 1.40. The Morgan fingerprint density at radius 2 is 2.15 bits per heavy atom. The second-order valence-electron chi connectivity index (χ2n) is 2.40. The van der Waals surface area contributed by atoms with Crippen molar-refractivity contribution >= 4 is 6.21 Å². The van der Waals surface area contributed by atoms with Crippen LogP contribution in [0.25, 0.3) is 0 Å². The predicted molar refractivity (Wildman–Crippen MR) is 49.0 cm³/mol. The van der Waals surface area contributed by atoms with Crippen molar-refractivity contribution in [3.05, 3.63) is 23.8 Å². The van der Waals surface area contributed by atoms with E-state index in [-0.39, 0.29) is 11.5 Å². The molecule has 1 aromatic rings. The molecule has 70 valence electrons. The van der Waals surface area contributed by atoms with Gasteiger partial charge in [-0.15, -0.1) is 0 Å². The fraction of sp³-hybridized carbons (Fsp3) is 0.222. The van der Waals surface area contributed by atoms with Crippen LogP contribution in [0.1, 0.15) is 12.5 Å². The highest BCUT2D eigenvalue weighted by Gasteiger charge is 1.97. The van der Waals surface area contributed by atoms with Gasteiger partial charge >= 0.3 is 0 Å². The van der Waals surface area contributed by atoms with Crippen molar-refractivity contribution < 1.29 is 15.1 Å². The third-order valence-electron chi connectivity index (χ3n) is 1.40. The summed E-state index contributed by atoms with van der Waals surface area (Å²) in [5.74, 6) is -0.311. The molecular formula is C9H11NO3. The molecule has 4 nitrogen and oxygen atoms in total. The summed E-state index contributed by atoms with van der Waals surface area (Å²) < 4.78 is 0. The van der Waals surface area contributed by atoms with Crippen LogP contribution >= 0.6 is 0 Å². The lowest BCUT2D eigenvalue weighted by Gasteiger charge is -1.97. The maximum absolute atomic E-state index is 9.10. The van der Waals surface area contributed by atoms with E-state index >= 15 is 0 Å². The molecule has 0 saturated heterocycles. The fourth-order valence-electron chi connectivity index (χ4n) is 0.793. The molecule has 1 aromatic carbocycles. The summed E-state index contributed by atoms with van der Waals surface area (Å²) in [6.07, 6.45) is 1.46. The summed E-state index contributed by atoms with van der Waals surface area (Å²) in [5, 5.41) is 21.7. The standard InChI is InChI=1S/C9H11NO3/c1-2-13-10-6-7-3-4-8(11)9(12)5-7/h3-6,11-12H,2H2,1H3/b10-6-. The molecule has 13 heavy (non-hydrogen) atoms. The zero-order chi connectivity index (χ0) is 9.68. The van der Waals surface area contributed by atoms with Gasteiger partial charge in [-0.3, -0.25) is 0 Å². The first-order valence-electron chi connectivity index (χ1n) is 3.91. The summed E-state index contributed by atoms with van der Waals surface area (Å²) in [6, 6.07) is 4.41. The number of phenols is 2. The first-order valence-corrected chi connectivity index (χ1v) is 3.91. The van der Waals surface area contributed by atoms with Crippen LogP contribution in [0.4, 0.5) is 0 Å². The first-order chi connectivity index (χ1) is 6.24. The van der Waals surface area contributed by atoms with Gasteiger partial charge in [0.2, 0.25) is 0 Å². The van der Waals surface area contributed by atoms with E-state index in [4.69, 9.17) is 15.1 Å². The Morgan fingerprint density at radius 1 is 1.38 bits per heavy atom. The highest BCUT2D eigenvalue weighted by Crippen LogP contribution is 2.23. The normalized spacial score (nSPS) is 10.5. The Bertz CT molecular complexity index is 310. The number of phenolic OH excluding ortho intramolecular Hbond substituents is 2. The lowest BCUT2D eigenvalue weighted by atomic mass is 10.2. The average Bonchev–Trinajstić information content (AvgIpc) is 2.12. The van der Waals surface area contributed by atoms with Crippen LogP contribution in [-0.2, 0) is 4.84 Å². The van der Waals surface area contributed by atoms with Gasteiger partial charge in [0.25, 0.3) is 0 Å². The van der Waals surface area contributed by atoms with Crippen LogP contribution in [0.2, 0.25) is 0 Å². The van der Waals surface area contributed by atoms with E-state index < -0.39 is 0 Å². The summed E-state index contributed by atoms with van der Waals surface area (Å²) in [7, 11) is 0. The molecule has 1 rings (SSSR count). The van der Waals surface area contributed by atoms with Gasteiger partial charge < -0.3 is 15.1 Å². The molecule has 0 spiro atoms. The van der Waals surface area contributed by atoms with E-state index in [1.54, 1.807) is 6.07 Å². The molecule has 0 atom stereocenters. The van der Waals surface area contributed by atoms with E-state index in [0.29, 0.717) is 12.2 Å². The molecule has 0 bridgehead atoms. The first kappa shape index (κ1) is 9.38. The number of oxime groups is 1. The number of nitrogens with zero attached hydrogens (tertiary/aromatic N) is 1. The summed E-state index contributed by atoms with van der Waals surface area (Å²) in [6.45, 7) is 2.33. The lowest BCUT2D eigenvalue weighted by Crippen LogP contribution is -1.84. The maximum atomic E-state index is 9.10. The number of rotatable bonds is 3. The molecule has 0 heterocycles. The summed E-state index contributed by atoms with van der Waals surface area (Å²) in [4.78, 5) is 4.73. The second kappa shape index (κ2) is 4.35. The van der Waals surface area contributed by atoms with Crippen molar-refractivity contribution in [1.29, 1.82) is 0 Å². The third kappa shape index (κ3) is 2.66. The number of benzene rings is 1. The van der Waals surface area contributed by atoms with Gasteiger partial charge in [-0.05, 0) is 30.7 Å². The average molecular weight is 181 g/mol. The van der Waals surface area contributed by atoms with Gasteiger partial charge in [-0.25, -0.2) is 0 Å². The van der Waals surface area contributed by atoms with Crippen LogP contribution in [0.15, 0.2) is 23.4 Å². The molecule has 0 fully saturated rings. The van der Waals surface area contributed by atoms with Crippen molar-refractivity contribution in [2.75, 3.05) is 6.61 Å². The van der Waals surface area contributed by atoms with Crippen molar-refractivity contribution in [1.82, 2.24) is 0 Å². The Morgan fingerprint density at radius 3 is 2.77 bits per heavy atom. The van der Waals surface area contributed by atoms with Crippen LogP contribution < -0.4 is 0 Å². The summed E-state index contributed by atoms with van der Waals surface area (Å²) >= 11 is 0. The smallest absolute Gasteiger partial charge is 0.158 e. The minimum atomic E-state index is -0.166. The molecule has 0 aromatic heterocycles. The predicted octanol–water partition coefficient (Wildman–Crippen LogP) is 1.47. The van der Waals surface area contributed by atoms with Crippen molar-refractivity contribution in [3.63, 3.8) is 0 Å². The molecule has 0 amide bonds. The molecule has 0 aliphatic carbocycles. The van der Waals surface area contributed by atoms with Gasteiger partial charge in [-0.2, -0.15) is 0 Å². The zero-order valence-corrected chi connectivity index (χ0v) is 7.27. The second-order valence-corrected chi connectivity index (χ2v) is 2.40. The quantitative estimate of drug-likeness (QED) is 0.421. The highest BCUT2D eigenvalue weighted by atomic mass is 16.6. The van der Waals surface area contributed by atoms with Crippen LogP contribution in [0.3, 0.4) is 0 Å². The van der Waals surface area contributed by atoms with E-state index in [0.717, 1.165) is 0 Å².